The number of carboxylic acids is 1. The van der Waals surface area contributed by atoms with Gasteiger partial charge in [0, 0.05) is 39.0 Å². The van der Waals surface area contributed by atoms with Crippen LogP contribution in [0.25, 0.3) is 0 Å². The first-order chi connectivity index (χ1) is 9.88. The lowest BCUT2D eigenvalue weighted by Crippen LogP contribution is -2.52. The smallest absolute Gasteiger partial charge is 0.326 e. The normalized spacial score (nSPS) is 26.8. The minimum absolute atomic E-state index is 0.0570. The van der Waals surface area contributed by atoms with Crippen LogP contribution in [0.2, 0.25) is 0 Å². The fourth-order valence-corrected chi connectivity index (χ4v) is 2.94. The molecule has 0 aromatic heterocycles. The maximum absolute atomic E-state index is 12.4. The molecule has 0 aromatic carbocycles. The molecule has 0 radical (unpaired) electrons. The van der Waals surface area contributed by atoms with E-state index in [0.717, 1.165) is 0 Å². The lowest BCUT2D eigenvalue weighted by Gasteiger charge is -2.35. The molecule has 2 heterocycles. The number of nitrogens with one attached hydrogen (secondary N) is 1. The highest BCUT2D eigenvalue weighted by Gasteiger charge is 2.41. The topological polar surface area (TPSA) is 110 Å². The molecule has 0 unspecified atom stereocenters. The standard InChI is InChI=1S/C13H21N3O5/c1-8(17)14-9-2-4-15(5-3-9)13(21)16-7-10(18)6-11(16)12(19)20/h9-11,18H,2-7H2,1H3,(H,14,17)(H,19,20)/t10-,11-/m0/s1. The third kappa shape index (κ3) is 3.63. The molecule has 3 N–H and O–H groups in total. The van der Waals surface area contributed by atoms with Crippen molar-refractivity contribution in [3.05, 3.63) is 0 Å². The number of urea groups is 1. The van der Waals surface area contributed by atoms with Crippen molar-refractivity contribution in [1.29, 1.82) is 0 Å². The molecule has 0 aromatic rings. The van der Waals surface area contributed by atoms with E-state index in [1.165, 1.54) is 11.8 Å². The van der Waals surface area contributed by atoms with Gasteiger partial charge < -0.3 is 25.3 Å². The Morgan fingerprint density at radius 2 is 1.81 bits per heavy atom. The Kier molecular flexibility index (Phi) is 4.66. The second-order valence-corrected chi connectivity index (χ2v) is 5.64. The van der Waals surface area contributed by atoms with Crippen molar-refractivity contribution >= 4 is 17.9 Å². The summed E-state index contributed by atoms with van der Waals surface area (Å²) in [4.78, 5) is 37.3. The number of hydrogen-bond acceptors (Lipinski definition) is 4. The van der Waals surface area contributed by atoms with E-state index in [1.54, 1.807) is 4.90 Å². The molecule has 2 fully saturated rings. The molecule has 3 amide bonds. The monoisotopic (exact) mass is 299 g/mol. The van der Waals surface area contributed by atoms with Crippen LogP contribution in [0.3, 0.4) is 0 Å². The van der Waals surface area contributed by atoms with Crippen molar-refractivity contribution in [2.75, 3.05) is 19.6 Å². The van der Waals surface area contributed by atoms with Gasteiger partial charge in [0.1, 0.15) is 6.04 Å². The number of aliphatic hydroxyl groups excluding tert-OH is 1. The highest BCUT2D eigenvalue weighted by Crippen LogP contribution is 2.21. The van der Waals surface area contributed by atoms with Crippen LogP contribution in [-0.4, -0.2) is 75.7 Å². The SMILES string of the molecule is CC(=O)NC1CCN(C(=O)N2C[C@@H](O)C[C@H]2C(=O)O)CC1. The molecule has 2 atom stereocenters. The van der Waals surface area contributed by atoms with Crippen LogP contribution in [0.4, 0.5) is 4.79 Å². The van der Waals surface area contributed by atoms with Crippen molar-refractivity contribution in [3.63, 3.8) is 0 Å². The molecule has 0 bridgehead atoms. The van der Waals surface area contributed by atoms with Gasteiger partial charge in [-0.05, 0) is 12.8 Å². The first-order valence-corrected chi connectivity index (χ1v) is 7.12. The largest absolute Gasteiger partial charge is 0.480 e. The highest BCUT2D eigenvalue weighted by molar-refractivity contribution is 5.83. The van der Waals surface area contributed by atoms with Crippen molar-refractivity contribution < 1.29 is 24.6 Å². The molecule has 2 rings (SSSR count). The van der Waals surface area contributed by atoms with Crippen LogP contribution in [0, 0.1) is 0 Å². The Labute approximate surface area is 122 Å². The molecule has 0 aliphatic carbocycles. The van der Waals surface area contributed by atoms with Gasteiger partial charge in [-0.3, -0.25) is 4.79 Å². The van der Waals surface area contributed by atoms with Crippen LogP contribution in [0.5, 0.6) is 0 Å². The third-order valence-electron chi connectivity index (χ3n) is 3.98. The molecule has 2 saturated heterocycles. The van der Waals surface area contributed by atoms with Gasteiger partial charge in [0.2, 0.25) is 5.91 Å². The molecule has 21 heavy (non-hydrogen) atoms. The highest BCUT2D eigenvalue weighted by atomic mass is 16.4. The van der Waals surface area contributed by atoms with Crippen molar-refractivity contribution in [3.8, 4) is 0 Å². The molecule has 0 saturated carbocycles. The van der Waals surface area contributed by atoms with Gasteiger partial charge in [0.15, 0.2) is 0 Å². The molecule has 8 nitrogen and oxygen atoms in total. The predicted octanol–water partition coefficient (Wildman–Crippen LogP) is -0.773. The van der Waals surface area contributed by atoms with Crippen molar-refractivity contribution in [2.45, 2.75) is 44.4 Å². The summed E-state index contributed by atoms with van der Waals surface area (Å²) in [6.45, 7) is 2.47. The van der Waals surface area contributed by atoms with Gasteiger partial charge in [-0.15, -0.1) is 0 Å². The number of carboxylic acid groups (broad SMARTS) is 1. The number of carbonyl (C=O) groups is 3. The second-order valence-electron chi connectivity index (χ2n) is 5.64. The minimum atomic E-state index is -1.09. The Balaban J connectivity index is 1.92. The summed E-state index contributed by atoms with van der Waals surface area (Å²) in [6, 6.07) is -1.24. The summed E-state index contributed by atoms with van der Waals surface area (Å²) < 4.78 is 0. The lowest BCUT2D eigenvalue weighted by atomic mass is 10.1. The van der Waals surface area contributed by atoms with Crippen LogP contribution in [0.15, 0.2) is 0 Å². The number of aliphatic carboxylic acids is 1. The summed E-state index contributed by atoms with van der Waals surface area (Å²) in [5.41, 5.74) is 0. The Bertz CT molecular complexity index is 434. The van der Waals surface area contributed by atoms with Crippen LogP contribution >= 0.6 is 0 Å². The molecule has 118 valence electrons. The van der Waals surface area contributed by atoms with Crippen LogP contribution < -0.4 is 5.32 Å². The van der Waals surface area contributed by atoms with E-state index in [4.69, 9.17) is 5.11 Å². The van der Waals surface area contributed by atoms with Gasteiger partial charge in [-0.2, -0.15) is 0 Å². The first kappa shape index (κ1) is 15.6. The van der Waals surface area contributed by atoms with E-state index >= 15 is 0 Å². The average molecular weight is 299 g/mol. The summed E-state index contributed by atoms with van der Waals surface area (Å²) in [5.74, 6) is -1.18. The number of piperidine rings is 1. The van der Waals surface area contributed by atoms with E-state index < -0.39 is 18.1 Å². The number of carbonyl (C=O) groups excluding carboxylic acids is 2. The Morgan fingerprint density at radius 3 is 2.33 bits per heavy atom. The molecular formula is C13H21N3O5. The van der Waals surface area contributed by atoms with E-state index in [1.807, 2.05) is 0 Å². The zero-order valence-corrected chi connectivity index (χ0v) is 12.0. The van der Waals surface area contributed by atoms with Crippen molar-refractivity contribution in [2.24, 2.45) is 0 Å². The lowest BCUT2D eigenvalue weighted by molar-refractivity contribution is -0.141. The summed E-state index contributed by atoms with van der Waals surface area (Å²) in [7, 11) is 0. The second kappa shape index (κ2) is 6.30. The van der Waals surface area contributed by atoms with E-state index in [0.29, 0.717) is 25.9 Å². The zero-order chi connectivity index (χ0) is 15.6. The molecule has 2 aliphatic rings. The van der Waals surface area contributed by atoms with Gasteiger partial charge in [-0.1, -0.05) is 0 Å². The number of amides is 3. The van der Waals surface area contributed by atoms with Gasteiger partial charge >= 0.3 is 12.0 Å². The average Bonchev–Trinajstić information content (AvgIpc) is 2.80. The molecular weight excluding hydrogens is 278 g/mol. The maximum Gasteiger partial charge on any atom is 0.326 e. The van der Waals surface area contributed by atoms with Crippen LogP contribution in [0.1, 0.15) is 26.2 Å². The number of hydrogen-bond donors (Lipinski definition) is 3. The quantitative estimate of drug-likeness (QED) is 0.620. The van der Waals surface area contributed by atoms with Gasteiger partial charge in [0.25, 0.3) is 0 Å². The summed E-state index contributed by atoms with van der Waals surface area (Å²) in [5, 5.41) is 21.5. The van der Waals surface area contributed by atoms with Gasteiger partial charge in [0.05, 0.1) is 6.10 Å². The third-order valence-corrected chi connectivity index (χ3v) is 3.98. The minimum Gasteiger partial charge on any atom is -0.480 e. The van der Waals surface area contributed by atoms with E-state index in [9.17, 15) is 19.5 Å². The predicted molar refractivity (Wildman–Crippen MR) is 72.6 cm³/mol. The fraction of sp³-hybridized carbons (Fsp3) is 0.769. The van der Waals surface area contributed by atoms with Crippen molar-refractivity contribution in [1.82, 2.24) is 15.1 Å². The first-order valence-electron chi connectivity index (χ1n) is 7.12. The number of aliphatic hydroxyl groups is 1. The number of rotatable bonds is 2. The molecule has 8 heteroatoms. The number of likely N-dealkylation sites (tertiary alicyclic amines) is 2. The van der Waals surface area contributed by atoms with E-state index in [-0.39, 0.29) is 30.9 Å². The summed E-state index contributed by atoms with van der Waals surface area (Å²) >= 11 is 0. The zero-order valence-electron chi connectivity index (χ0n) is 12.0. The Hall–Kier alpha value is -1.83. The van der Waals surface area contributed by atoms with Crippen LogP contribution in [-0.2, 0) is 9.59 Å². The summed E-state index contributed by atoms with van der Waals surface area (Å²) in [6.07, 6.45) is 0.592. The van der Waals surface area contributed by atoms with E-state index in [2.05, 4.69) is 5.32 Å². The number of β-amino-alcohol motifs (C(OH)–C–C–N with tert-alkyl or cyclic N) is 1. The number of nitrogens with zero attached hydrogens (tertiary/aromatic N) is 2. The fourth-order valence-electron chi connectivity index (χ4n) is 2.94. The Morgan fingerprint density at radius 1 is 1.19 bits per heavy atom. The van der Waals surface area contributed by atoms with Gasteiger partial charge in [-0.25, -0.2) is 9.59 Å². The molecule has 2 aliphatic heterocycles. The molecule has 0 spiro atoms. The maximum atomic E-state index is 12.4.